The minimum Gasteiger partial charge on any atom is -0.508 e. The lowest BCUT2D eigenvalue weighted by molar-refractivity contribution is -0.202. The maximum atomic E-state index is 13.9. The smallest absolute Gasteiger partial charge is 0.444 e. The number of amides is 4. The highest BCUT2D eigenvalue weighted by Gasteiger charge is 2.72. The van der Waals surface area contributed by atoms with Crippen molar-refractivity contribution in [3.63, 3.8) is 0 Å². The topological polar surface area (TPSA) is 237 Å². The Hall–Kier alpha value is -4.10. The van der Waals surface area contributed by atoms with Gasteiger partial charge in [0.1, 0.15) is 33.3 Å². The van der Waals surface area contributed by atoms with Crippen molar-refractivity contribution in [2.24, 2.45) is 5.92 Å². The van der Waals surface area contributed by atoms with Crippen LogP contribution in [-0.2, 0) is 43.4 Å². The summed E-state index contributed by atoms with van der Waals surface area (Å²) in [6.07, 6.45) is -1.40. The number of β-lactam (4-membered cyclic amide) rings is 2. The largest absolute Gasteiger partial charge is 0.508 e. The Kier molecular flexibility index (Phi) is 7.96. The van der Waals surface area contributed by atoms with Crippen molar-refractivity contribution in [2.75, 3.05) is 13.7 Å². The van der Waals surface area contributed by atoms with Gasteiger partial charge in [-0.1, -0.05) is 12.1 Å². The predicted octanol–water partition coefficient (Wildman–Crippen LogP) is -1.06. The Balaban J connectivity index is 1.47. The van der Waals surface area contributed by atoms with Crippen LogP contribution in [0.3, 0.4) is 0 Å². The normalized spacial score (nSPS) is 30.2. The molecule has 4 amide bonds. The summed E-state index contributed by atoms with van der Waals surface area (Å²) in [6, 6.07) is -1.31. The van der Waals surface area contributed by atoms with E-state index >= 15 is 0 Å². The van der Waals surface area contributed by atoms with Gasteiger partial charge in [-0.2, -0.15) is 0 Å². The number of thioether (sulfide) groups is 1. The average Bonchev–Trinajstić information content (AvgIpc) is 3.31. The lowest BCUT2D eigenvalue weighted by Gasteiger charge is -2.44. The van der Waals surface area contributed by atoms with E-state index in [1.54, 1.807) is 13.8 Å². The first-order chi connectivity index (χ1) is 21.3. The van der Waals surface area contributed by atoms with E-state index in [0.717, 1.165) is 28.7 Å². The number of aliphatic hydroxyl groups is 1. The number of aromatic hydroxyl groups is 1. The Labute approximate surface area is 266 Å². The zero-order valence-corrected chi connectivity index (χ0v) is 26.8. The lowest BCUT2D eigenvalue weighted by Crippen LogP contribution is -2.71. The van der Waals surface area contributed by atoms with Crippen LogP contribution in [-0.4, -0.2) is 126 Å². The number of hydroxylamine groups is 2. The molecule has 1 aromatic rings. The Morgan fingerprint density at radius 1 is 1.04 bits per heavy atom. The number of aliphatic hydroxyl groups excluding tert-OH is 1. The quantitative estimate of drug-likeness (QED) is 0.198. The number of hydrogen-bond acceptors (Lipinski definition) is 13. The third-order valence-corrected chi connectivity index (χ3v) is 13.3. The van der Waals surface area contributed by atoms with Gasteiger partial charge < -0.3 is 40.0 Å². The zero-order valence-electron chi connectivity index (χ0n) is 25.1. The van der Waals surface area contributed by atoms with Crippen molar-refractivity contribution in [3.8, 4) is 5.75 Å². The Morgan fingerprint density at radius 3 is 2.20 bits per heavy atom. The van der Waals surface area contributed by atoms with Crippen LogP contribution in [0.4, 0.5) is 4.79 Å². The molecule has 1 aromatic carbocycles. The van der Waals surface area contributed by atoms with Gasteiger partial charge in [0.15, 0.2) is 21.9 Å². The zero-order chi connectivity index (χ0) is 34.3. The van der Waals surface area contributed by atoms with E-state index < -0.39 is 103 Å². The maximum Gasteiger partial charge on any atom is 0.444 e. The molecule has 5 rings (SSSR count). The highest BCUT2D eigenvalue weighted by Crippen LogP contribution is 2.51. The van der Waals surface area contributed by atoms with Gasteiger partial charge in [0.05, 0.1) is 19.6 Å². The summed E-state index contributed by atoms with van der Waals surface area (Å²) < 4.78 is 28.5. The summed E-state index contributed by atoms with van der Waals surface area (Å²) >= 11 is 1.15. The molecule has 250 valence electrons. The number of aliphatic carboxylic acids is 1. The molecular weight excluding hydrogens is 652 g/mol. The van der Waals surface area contributed by atoms with Gasteiger partial charge in [-0.05, 0) is 45.4 Å². The highest BCUT2D eigenvalue weighted by molar-refractivity contribution is 8.01. The molecule has 4 fully saturated rings. The van der Waals surface area contributed by atoms with E-state index in [4.69, 9.17) is 9.57 Å². The predicted molar refractivity (Wildman–Crippen MR) is 155 cm³/mol. The molecule has 0 bridgehead atoms. The molecule has 46 heavy (non-hydrogen) atoms. The fourth-order valence-corrected chi connectivity index (χ4v) is 10.3. The first-order valence-corrected chi connectivity index (χ1v) is 16.3. The summed E-state index contributed by atoms with van der Waals surface area (Å²) in [5.74, 6) is -6.76. The molecule has 19 heteroatoms. The number of rotatable bonds is 7. The van der Waals surface area contributed by atoms with Crippen LogP contribution in [0.1, 0.15) is 39.3 Å². The number of ether oxygens (including phenoxy) is 1. The van der Waals surface area contributed by atoms with Gasteiger partial charge in [0.25, 0.3) is 5.91 Å². The average molecular weight is 685 g/mol. The summed E-state index contributed by atoms with van der Waals surface area (Å²) in [5.41, 5.74) is -0.0449. The summed E-state index contributed by atoms with van der Waals surface area (Å²) in [6.45, 7) is 4.86. The molecule has 0 aliphatic carbocycles. The summed E-state index contributed by atoms with van der Waals surface area (Å²) in [7, 11) is -3.33. The Bertz CT molecular complexity index is 1630. The van der Waals surface area contributed by atoms with Crippen LogP contribution in [0, 0.1) is 5.92 Å². The molecule has 0 saturated carbocycles. The van der Waals surface area contributed by atoms with Crippen LogP contribution >= 0.6 is 11.8 Å². The fraction of sp³-hybridized carbons (Fsp3) is 0.556. The number of phenols is 1. The van der Waals surface area contributed by atoms with Gasteiger partial charge >= 0.3 is 18.0 Å². The molecule has 0 radical (unpaired) electrons. The van der Waals surface area contributed by atoms with Gasteiger partial charge in [-0.15, -0.1) is 16.8 Å². The number of benzene rings is 1. The Morgan fingerprint density at radius 2 is 1.65 bits per heavy atom. The second kappa shape index (κ2) is 11.0. The molecule has 0 spiro atoms. The van der Waals surface area contributed by atoms with Gasteiger partial charge in [-0.3, -0.25) is 14.4 Å². The number of fused-ring (bicyclic) bond motifs is 2. The van der Waals surface area contributed by atoms with Crippen LogP contribution in [0.25, 0.3) is 0 Å². The number of nitrogens with one attached hydrogen (secondary N) is 1. The maximum absolute atomic E-state index is 13.9. The molecular formula is C27H32N4O13S2. The minimum absolute atomic E-state index is 0.0449. The molecule has 4 aliphatic rings. The second-order valence-corrected chi connectivity index (χ2v) is 16.7. The van der Waals surface area contributed by atoms with E-state index in [-0.39, 0.29) is 16.4 Å². The number of carboxylic acid groups (broad SMARTS) is 1. The number of carboxylic acids is 1. The van der Waals surface area contributed by atoms with Gasteiger partial charge in [0.2, 0.25) is 11.8 Å². The number of methoxy groups -OCH3 is 1. The molecule has 4 N–H and O–H groups in total. The van der Waals surface area contributed by atoms with Gasteiger partial charge in [0, 0.05) is 4.75 Å². The number of carbonyl (C=O) groups is 6. The van der Waals surface area contributed by atoms with Crippen LogP contribution in [0.15, 0.2) is 24.3 Å². The first-order valence-electron chi connectivity index (χ1n) is 13.9. The van der Waals surface area contributed by atoms with E-state index in [1.165, 1.54) is 38.1 Å². The van der Waals surface area contributed by atoms with E-state index in [0.29, 0.717) is 0 Å². The molecule has 0 aromatic heterocycles. The van der Waals surface area contributed by atoms with E-state index in [9.17, 15) is 52.5 Å². The van der Waals surface area contributed by atoms with Gasteiger partial charge in [-0.25, -0.2) is 22.8 Å². The van der Waals surface area contributed by atoms with Crippen molar-refractivity contribution >= 4 is 57.4 Å². The van der Waals surface area contributed by atoms with Crippen LogP contribution in [0.2, 0.25) is 0 Å². The molecule has 2 unspecified atom stereocenters. The standard InChI is InChI=1S/C27H32N4O13S2/c1-26(2)16(23(37)38)29-20(36)14(21(29)45-26)28-18(34)15(11-6-8-12(33)9-7-11)31(25(40)43-5)44-24(39)17-27(3,4)46(41,42)22-13(10-32)19(35)30(17)22/h6-9,13-17,21-22,32-33H,10H2,1-5H3,(H,28,34)(H,37,38)/t13-,14?,15?,16+,17+,21-,22-/m1/s1. The number of hydrogen-bond donors (Lipinski definition) is 4. The first kappa shape index (κ1) is 33.3. The third-order valence-electron chi connectivity index (χ3n) is 8.81. The molecule has 4 saturated heterocycles. The minimum atomic E-state index is -4.24. The molecule has 7 atom stereocenters. The number of nitrogens with zero attached hydrogens (tertiary/aromatic N) is 3. The SMILES string of the molecule is COC(=O)N(OC(=O)[C@@H]1N2C(=O)[C@@H](CO)[C@H]2S(=O)(=O)C1(C)C)C(C(=O)NC1C(=O)N2[C@@H]1SC(C)(C)[C@@H]2C(=O)O)c1ccc(O)cc1. The summed E-state index contributed by atoms with van der Waals surface area (Å²) in [4.78, 5) is 85.7. The fourth-order valence-electron chi connectivity index (χ4n) is 6.42. The number of sulfone groups is 1. The van der Waals surface area contributed by atoms with Crippen molar-refractivity contribution in [1.29, 1.82) is 0 Å². The van der Waals surface area contributed by atoms with Crippen molar-refractivity contribution in [3.05, 3.63) is 29.8 Å². The number of carbonyl (C=O) groups excluding carboxylic acids is 5. The van der Waals surface area contributed by atoms with Crippen molar-refractivity contribution in [1.82, 2.24) is 20.2 Å². The number of phenolic OH excluding ortho intramolecular Hbond substituents is 1. The summed E-state index contributed by atoms with van der Waals surface area (Å²) in [5, 5.41) is 29.6. The molecule has 4 heterocycles. The van der Waals surface area contributed by atoms with E-state index in [2.05, 4.69) is 5.32 Å². The van der Waals surface area contributed by atoms with Crippen molar-refractivity contribution in [2.45, 2.75) is 72.1 Å². The molecule has 4 aliphatic heterocycles. The van der Waals surface area contributed by atoms with Crippen LogP contribution in [0.5, 0.6) is 5.75 Å². The molecule has 17 nitrogen and oxygen atoms in total. The monoisotopic (exact) mass is 684 g/mol. The van der Waals surface area contributed by atoms with E-state index in [1.807, 2.05) is 0 Å². The lowest BCUT2D eigenvalue weighted by atomic mass is 9.92. The second-order valence-electron chi connectivity index (χ2n) is 12.3. The third kappa shape index (κ3) is 4.65. The van der Waals surface area contributed by atoms with Crippen LogP contribution < -0.4 is 5.32 Å². The highest BCUT2D eigenvalue weighted by atomic mass is 32.2. The van der Waals surface area contributed by atoms with Crippen molar-refractivity contribution < 1.29 is 62.1 Å².